The van der Waals surface area contributed by atoms with Crippen molar-refractivity contribution in [2.45, 2.75) is 70.1 Å². The molecule has 0 saturated heterocycles. The zero-order chi connectivity index (χ0) is 19.1. The molecule has 146 valence electrons. The minimum Gasteiger partial charge on any atom is -0.247 e. The fourth-order valence-corrected chi connectivity index (χ4v) is 5.26. The van der Waals surface area contributed by atoms with E-state index in [1.54, 1.807) is 18.2 Å². The van der Waals surface area contributed by atoms with Gasteiger partial charge in [0.1, 0.15) is 18.6 Å². The molecule has 1 aromatic carbocycles. The van der Waals surface area contributed by atoms with Crippen LogP contribution in [0, 0.1) is 34.9 Å². The third-order valence-corrected chi connectivity index (χ3v) is 6.91. The van der Waals surface area contributed by atoms with Crippen molar-refractivity contribution < 1.29 is 8.78 Å². The SMILES string of the molecule is N#Cc1ccc([C@H]2CC[C@H]([C@H]3CC[C@H](CCC=CCF)CC3)CC2)cc1F. The Labute approximate surface area is 162 Å². The standard InChI is InChI=1S/C24H31F2N/c25-15-3-1-2-4-18-5-7-19(8-6-18)20-9-11-21(12-10-20)22-13-14-23(17-27)24(26)16-22/h1,3,13-14,16,18-21H,2,4-12,15H2/t18-,19-,20-,21-. The van der Waals surface area contributed by atoms with Crippen LogP contribution in [0.25, 0.3) is 0 Å². The van der Waals surface area contributed by atoms with E-state index in [2.05, 4.69) is 0 Å². The number of hydrogen-bond donors (Lipinski definition) is 0. The van der Waals surface area contributed by atoms with Crippen LogP contribution in [0.2, 0.25) is 0 Å². The summed E-state index contributed by atoms with van der Waals surface area (Å²) in [7, 11) is 0. The number of allylic oxidation sites excluding steroid dienone is 2. The smallest absolute Gasteiger partial charge is 0.141 e. The Balaban J connectivity index is 1.43. The van der Waals surface area contributed by atoms with E-state index in [1.165, 1.54) is 44.9 Å². The van der Waals surface area contributed by atoms with E-state index < -0.39 is 0 Å². The van der Waals surface area contributed by atoms with Crippen molar-refractivity contribution in [3.05, 3.63) is 47.3 Å². The van der Waals surface area contributed by atoms with Crippen LogP contribution in [-0.4, -0.2) is 6.67 Å². The monoisotopic (exact) mass is 371 g/mol. The predicted molar refractivity (Wildman–Crippen MR) is 106 cm³/mol. The summed E-state index contributed by atoms with van der Waals surface area (Å²) in [6, 6.07) is 7.04. The van der Waals surface area contributed by atoms with Crippen LogP contribution >= 0.6 is 0 Å². The molecule has 3 heteroatoms. The van der Waals surface area contributed by atoms with Crippen molar-refractivity contribution >= 4 is 0 Å². The van der Waals surface area contributed by atoms with Crippen molar-refractivity contribution in [3.8, 4) is 6.07 Å². The molecule has 3 rings (SSSR count). The summed E-state index contributed by atoms with van der Waals surface area (Å²) in [5.74, 6) is 2.58. The summed E-state index contributed by atoms with van der Waals surface area (Å²) in [6.45, 7) is -0.343. The summed E-state index contributed by atoms with van der Waals surface area (Å²) in [5, 5.41) is 8.88. The van der Waals surface area contributed by atoms with Crippen LogP contribution in [0.4, 0.5) is 8.78 Å². The zero-order valence-corrected chi connectivity index (χ0v) is 16.2. The molecule has 0 N–H and O–H groups in total. The highest BCUT2D eigenvalue weighted by Gasteiger charge is 2.31. The average molecular weight is 372 g/mol. The normalized spacial score (nSPS) is 28.9. The molecular weight excluding hydrogens is 340 g/mol. The van der Waals surface area contributed by atoms with Crippen LogP contribution in [0.3, 0.4) is 0 Å². The van der Waals surface area contributed by atoms with Gasteiger partial charge in [0.15, 0.2) is 0 Å². The third kappa shape index (κ3) is 5.41. The molecule has 0 aliphatic heterocycles. The lowest BCUT2D eigenvalue weighted by molar-refractivity contribution is 0.157. The van der Waals surface area contributed by atoms with E-state index >= 15 is 0 Å². The first-order chi connectivity index (χ1) is 13.2. The Morgan fingerprint density at radius 3 is 2.22 bits per heavy atom. The highest BCUT2D eigenvalue weighted by atomic mass is 19.1. The minimum atomic E-state index is -0.378. The summed E-state index contributed by atoms with van der Waals surface area (Å²) >= 11 is 0. The molecule has 27 heavy (non-hydrogen) atoms. The third-order valence-electron chi connectivity index (χ3n) is 6.91. The van der Waals surface area contributed by atoms with E-state index in [0.29, 0.717) is 5.92 Å². The number of alkyl halides is 1. The van der Waals surface area contributed by atoms with Gasteiger partial charge in [0.05, 0.1) is 5.56 Å². The molecule has 0 atom stereocenters. The lowest BCUT2D eigenvalue weighted by Crippen LogP contribution is -2.25. The number of benzene rings is 1. The van der Waals surface area contributed by atoms with Gasteiger partial charge in [0.25, 0.3) is 0 Å². The lowest BCUT2D eigenvalue weighted by atomic mass is 9.68. The van der Waals surface area contributed by atoms with E-state index in [4.69, 9.17) is 5.26 Å². The molecule has 0 aromatic heterocycles. The highest BCUT2D eigenvalue weighted by Crippen LogP contribution is 2.44. The van der Waals surface area contributed by atoms with Gasteiger partial charge in [0, 0.05) is 0 Å². The van der Waals surface area contributed by atoms with Gasteiger partial charge in [0.2, 0.25) is 0 Å². The Morgan fingerprint density at radius 2 is 1.63 bits per heavy atom. The minimum absolute atomic E-state index is 0.143. The number of halogens is 2. The summed E-state index contributed by atoms with van der Waals surface area (Å²) in [6.07, 6.45) is 16.0. The van der Waals surface area contributed by atoms with Crippen molar-refractivity contribution in [1.29, 1.82) is 5.26 Å². The van der Waals surface area contributed by atoms with Gasteiger partial charge in [-0.2, -0.15) is 5.26 Å². The Morgan fingerprint density at radius 1 is 0.963 bits per heavy atom. The fourth-order valence-electron chi connectivity index (χ4n) is 5.26. The average Bonchev–Trinajstić information content (AvgIpc) is 2.72. The first kappa shape index (κ1) is 20.1. The summed E-state index contributed by atoms with van der Waals surface area (Å²) < 4.78 is 26.0. The largest absolute Gasteiger partial charge is 0.247 e. The number of rotatable bonds is 6. The van der Waals surface area contributed by atoms with Gasteiger partial charge in [-0.05, 0) is 92.7 Å². The fraction of sp³-hybridized carbons (Fsp3) is 0.625. The molecule has 0 unspecified atom stereocenters. The molecule has 1 aromatic rings. The van der Waals surface area contributed by atoms with Crippen molar-refractivity contribution in [1.82, 2.24) is 0 Å². The molecule has 2 fully saturated rings. The molecule has 0 radical (unpaired) electrons. The zero-order valence-electron chi connectivity index (χ0n) is 16.2. The van der Waals surface area contributed by atoms with Crippen LogP contribution in [0.15, 0.2) is 30.4 Å². The number of hydrogen-bond acceptors (Lipinski definition) is 1. The van der Waals surface area contributed by atoms with Crippen molar-refractivity contribution in [3.63, 3.8) is 0 Å². The summed E-state index contributed by atoms with van der Waals surface area (Å²) in [5.41, 5.74) is 1.21. The van der Waals surface area contributed by atoms with Crippen LogP contribution < -0.4 is 0 Å². The number of nitriles is 1. The van der Waals surface area contributed by atoms with Gasteiger partial charge in [-0.1, -0.05) is 31.1 Å². The Bertz CT molecular complexity index is 659. The molecule has 2 aliphatic carbocycles. The maximum absolute atomic E-state index is 13.9. The van der Waals surface area contributed by atoms with Crippen LogP contribution in [-0.2, 0) is 0 Å². The maximum atomic E-state index is 13.9. The predicted octanol–water partition coefficient (Wildman–Crippen LogP) is 7.08. The van der Waals surface area contributed by atoms with Crippen LogP contribution in [0.5, 0.6) is 0 Å². The van der Waals surface area contributed by atoms with E-state index in [-0.39, 0.29) is 18.1 Å². The Hall–Kier alpha value is -1.69. The molecule has 0 spiro atoms. The molecule has 0 heterocycles. The van der Waals surface area contributed by atoms with Gasteiger partial charge in [-0.3, -0.25) is 0 Å². The second kappa shape index (κ2) is 10.0. The van der Waals surface area contributed by atoms with Crippen molar-refractivity contribution in [2.24, 2.45) is 17.8 Å². The Kier molecular flexibility index (Phi) is 7.44. The van der Waals surface area contributed by atoms with Crippen LogP contribution in [0.1, 0.15) is 81.3 Å². The van der Waals surface area contributed by atoms with Gasteiger partial charge in [-0.25, -0.2) is 8.78 Å². The maximum Gasteiger partial charge on any atom is 0.141 e. The van der Waals surface area contributed by atoms with Crippen molar-refractivity contribution in [2.75, 3.05) is 6.67 Å². The highest BCUT2D eigenvalue weighted by molar-refractivity contribution is 5.34. The van der Waals surface area contributed by atoms with Gasteiger partial charge < -0.3 is 0 Å². The molecular formula is C24H31F2N. The lowest BCUT2D eigenvalue weighted by Gasteiger charge is -2.38. The van der Waals surface area contributed by atoms with Gasteiger partial charge >= 0.3 is 0 Å². The van der Waals surface area contributed by atoms with E-state index in [1.807, 2.05) is 18.2 Å². The molecule has 2 saturated carbocycles. The van der Waals surface area contributed by atoms with Gasteiger partial charge in [-0.15, -0.1) is 0 Å². The topological polar surface area (TPSA) is 23.8 Å². The van der Waals surface area contributed by atoms with E-state index in [9.17, 15) is 8.78 Å². The quantitative estimate of drug-likeness (QED) is 0.490. The van der Waals surface area contributed by atoms with E-state index in [0.717, 1.165) is 42.6 Å². The number of nitrogens with zero attached hydrogens (tertiary/aromatic N) is 1. The second-order valence-electron chi connectivity index (χ2n) is 8.45. The summed E-state index contributed by atoms with van der Waals surface area (Å²) in [4.78, 5) is 0. The first-order valence-corrected chi connectivity index (χ1v) is 10.6. The second-order valence-corrected chi connectivity index (χ2v) is 8.45. The molecule has 1 nitrogen and oxygen atoms in total. The first-order valence-electron chi connectivity index (χ1n) is 10.6. The molecule has 0 amide bonds. The molecule has 2 aliphatic rings. The molecule has 0 bridgehead atoms.